The number of hydrogen-bond donors (Lipinski definition) is 0. The SMILES string of the molecule is CCOC(=O)CN1CCN=C(/C=C/c2ccc(Cl)c(Cl)c2)c2ccccc21. The molecule has 0 aliphatic carbocycles. The first kappa shape index (κ1) is 19.5. The normalized spacial score (nSPS) is 13.9. The van der Waals surface area contributed by atoms with Crippen LogP contribution in [0.4, 0.5) is 5.69 Å². The molecule has 0 spiro atoms. The Balaban J connectivity index is 1.87. The van der Waals surface area contributed by atoms with Gasteiger partial charge in [0.2, 0.25) is 0 Å². The van der Waals surface area contributed by atoms with Crippen molar-refractivity contribution < 1.29 is 9.53 Å². The van der Waals surface area contributed by atoms with E-state index in [-0.39, 0.29) is 12.5 Å². The highest BCUT2D eigenvalue weighted by Gasteiger charge is 2.19. The first-order chi connectivity index (χ1) is 13.1. The molecule has 2 aromatic carbocycles. The summed E-state index contributed by atoms with van der Waals surface area (Å²) in [7, 11) is 0. The van der Waals surface area contributed by atoms with Crippen LogP contribution in [0.5, 0.6) is 0 Å². The Morgan fingerprint density at radius 3 is 2.78 bits per heavy atom. The van der Waals surface area contributed by atoms with Crippen molar-refractivity contribution in [1.82, 2.24) is 0 Å². The molecule has 140 valence electrons. The van der Waals surface area contributed by atoms with E-state index in [1.807, 2.05) is 60.4 Å². The van der Waals surface area contributed by atoms with Crippen LogP contribution in [0.25, 0.3) is 6.08 Å². The molecule has 1 aliphatic heterocycles. The zero-order chi connectivity index (χ0) is 19.2. The molecule has 3 rings (SSSR count). The van der Waals surface area contributed by atoms with E-state index in [0.717, 1.165) is 22.5 Å². The fourth-order valence-electron chi connectivity index (χ4n) is 2.92. The minimum absolute atomic E-state index is 0.212. The molecule has 2 aromatic rings. The van der Waals surface area contributed by atoms with E-state index in [9.17, 15) is 4.79 Å². The summed E-state index contributed by atoms with van der Waals surface area (Å²) >= 11 is 12.1. The lowest BCUT2D eigenvalue weighted by molar-refractivity contribution is -0.141. The number of allylic oxidation sites excluding steroid dienone is 1. The number of para-hydroxylation sites is 1. The number of esters is 1. The molecule has 6 heteroatoms. The Morgan fingerprint density at radius 2 is 2.00 bits per heavy atom. The van der Waals surface area contributed by atoms with Gasteiger partial charge in [0.1, 0.15) is 6.54 Å². The molecule has 27 heavy (non-hydrogen) atoms. The van der Waals surface area contributed by atoms with E-state index in [1.165, 1.54) is 0 Å². The van der Waals surface area contributed by atoms with Crippen molar-refractivity contribution >= 4 is 46.6 Å². The molecule has 0 radical (unpaired) electrons. The van der Waals surface area contributed by atoms with Crippen molar-refractivity contribution in [3.05, 3.63) is 69.7 Å². The second-order valence-corrected chi connectivity index (χ2v) is 6.83. The van der Waals surface area contributed by atoms with Crippen LogP contribution in [0.2, 0.25) is 10.0 Å². The summed E-state index contributed by atoms with van der Waals surface area (Å²) in [6.45, 7) is 3.64. The van der Waals surface area contributed by atoms with Crippen molar-refractivity contribution in [2.45, 2.75) is 6.92 Å². The minimum atomic E-state index is -0.234. The Morgan fingerprint density at radius 1 is 1.19 bits per heavy atom. The second kappa shape index (κ2) is 9.07. The number of carbonyl (C=O) groups excluding carboxylic acids is 1. The molecule has 0 bridgehead atoms. The quantitative estimate of drug-likeness (QED) is 0.669. The van der Waals surface area contributed by atoms with Crippen molar-refractivity contribution in [2.75, 3.05) is 31.1 Å². The summed E-state index contributed by atoms with van der Waals surface area (Å²) in [6, 6.07) is 13.4. The smallest absolute Gasteiger partial charge is 0.325 e. The summed E-state index contributed by atoms with van der Waals surface area (Å²) < 4.78 is 5.10. The number of fused-ring (bicyclic) bond motifs is 1. The predicted molar refractivity (Wildman–Crippen MR) is 112 cm³/mol. The zero-order valence-electron chi connectivity index (χ0n) is 15.0. The van der Waals surface area contributed by atoms with Crippen LogP contribution >= 0.6 is 23.2 Å². The van der Waals surface area contributed by atoms with Gasteiger partial charge in [-0.15, -0.1) is 0 Å². The number of rotatable bonds is 5. The number of carbonyl (C=O) groups is 1. The Labute approximate surface area is 169 Å². The lowest BCUT2D eigenvalue weighted by atomic mass is 10.1. The van der Waals surface area contributed by atoms with E-state index in [4.69, 9.17) is 32.9 Å². The standard InChI is InChI=1S/C21H20Cl2N2O2/c1-2-27-21(26)14-25-12-11-24-19(16-5-3-4-6-20(16)25)10-8-15-7-9-17(22)18(23)13-15/h3-10,13H,2,11-12,14H2,1H3/b10-8+. The average Bonchev–Trinajstić information content (AvgIpc) is 2.83. The van der Waals surface area contributed by atoms with Crippen LogP contribution in [0, 0.1) is 0 Å². The topological polar surface area (TPSA) is 41.9 Å². The lowest BCUT2D eigenvalue weighted by Gasteiger charge is -2.23. The van der Waals surface area contributed by atoms with Crippen molar-refractivity contribution in [2.24, 2.45) is 4.99 Å². The molecule has 0 amide bonds. The largest absolute Gasteiger partial charge is 0.465 e. The number of anilines is 1. The van der Waals surface area contributed by atoms with Gasteiger partial charge in [0.15, 0.2) is 0 Å². The summed E-state index contributed by atoms with van der Waals surface area (Å²) in [6.07, 6.45) is 3.92. The van der Waals surface area contributed by atoms with E-state index >= 15 is 0 Å². The Bertz CT molecular complexity index is 894. The highest BCUT2D eigenvalue weighted by molar-refractivity contribution is 6.42. The van der Waals surface area contributed by atoms with E-state index < -0.39 is 0 Å². The van der Waals surface area contributed by atoms with Crippen LogP contribution < -0.4 is 4.90 Å². The van der Waals surface area contributed by atoms with Crippen LogP contribution in [0.3, 0.4) is 0 Å². The number of aliphatic imine (C=N–C) groups is 1. The fraction of sp³-hybridized carbons (Fsp3) is 0.238. The number of nitrogens with zero attached hydrogens (tertiary/aromatic N) is 2. The number of hydrogen-bond acceptors (Lipinski definition) is 4. The molecule has 0 N–H and O–H groups in total. The first-order valence-corrected chi connectivity index (χ1v) is 9.51. The van der Waals surface area contributed by atoms with Gasteiger partial charge in [-0.05, 0) is 36.8 Å². The molecule has 1 aliphatic rings. The third-order valence-electron chi connectivity index (χ3n) is 4.18. The minimum Gasteiger partial charge on any atom is -0.465 e. The molecular formula is C21H20Cl2N2O2. The molecule has 4 nitrogen and oxygen atoms in total. The van der Waals surface area contributed by atoms with Gasteiger partial charge in [-0.1, -0.05) is 53.5 Å². The molecular weight excluding hydrogens is 383 g/mol. The van der Waals surface area contributed by atoms with Crippen molar-refractivity contribution in [3.8, 4) is 0 Å². The monoisotopic (exact) mass is 402 g/mol. The van der Waals surface area contributed by atoms with E-state index in [1.54, 1.807) is 6.07 Å². The number of halogens is 2. The van der Waals surface area contributed by atoms with Crippen LogP contribution in [-0.2, 0) is 9.53 Å². The summed E-state index contributed by atoms with van der Waals surface area (Å²) in [5, 5.41) is 1.04. The third-order valence-corrected chi connectivity index (χ3v) is 4.91. The molecule has 1 heterocycles. The summed E-state index contributed by atoms with van der Waals surface area (Å²) in [4.78, 5) is 18.7. The number of ether oxygens (including phenoxy) is 1. The molecule has 0 atom stereocenters. The van der Waals surface area contributed by atoms with Gasteiger partial charge >= 0.3 is 5.97 Å². The zero-order valence-corrected chi connectivity index (χ0v) is 16.5. The van der Waals surface area contributed by atoms with E-state index in [2.05, 4.69) is 0 Å². The third kappa shape index (κ3) is 4.90. The molecule has 0 saturated carbocycles. The highest BCUT2D eigenvalue weighted by atomic mass is 35.5. The molecule has 0 unspecified atom stereocenters. The maximum Gasteiger partial charge on any atom is 0.325 e. The Kier molecular flexibility index (Phi) is 6.54. The Hall–Kier alpha value is -2.30. The van der Waals surface area contributed by atoms with Gasteiger partial charge in [-0.3, -0.25) is 9.79 Å². The lowest BCUT2D eigenvalue weighted by Crippen LogP contribution is -2.33. The maximum absolute atomic E-state index is 11.9. The van der Waals surface area contributed by atoms with Gasteiger partial charge in [0.05, 0.1) is 28.9 Å². The van der Waals surface area contributed by atoms with Gasteiger partial charge in [0.25, 0.3) is 0 Å². The van der Waals surface area contributed by atoms with E-state index in [0.29, 0.717) is 29.7 Å². The summed E-state index contributed by atoms with van der Waals surface area (Å²) in [5.41, 5.74) is 3.76. The van der Waals surface area contributed by atoms with Gasteiger partial charge in [0, 0.05) is 17.8 Å². The predicted octanol–water partition coefficient (Wildman–Crippen LogP) is 4.88. The van der Waals surface area contributed by atoms with Crippen LogP contribution in [0.1, 0.15) is 18.1 Å². The van der Waals surface area contributed by atoms with Gasteiger partial charge < -0.3 is 9.64 Å². The second-order valence-electron chi connectivity index (χ2n) is 6.02. The van der Waals surface area contributed by atoms with Crippen molar-refractivity contribution in [3.63, 3.8) is 0 Å². The van der Waals surface area contributed by atoms with Gasteiger partial charge in [-0.2, -0.15) is 0 Å². The first-order valence-electron chi connectivity index (χ1n) is 8.76. The van der Waals surface area contributed by atoms with Crippen molar-refractivity contribution in [1.29, 1.82) is 0 Å². The van der Waals surface area contributed by atoms with Crippen LogP contribution in [-0.4, -0.2) is 37.9 Å². The van der Waals surface area contributed by atoms with Crippen LogP contribution in [0.15, 0.2) is 53.5 Å². The molecule has 0 fully saturated rings. The van der Waals surface area contributed by atoms with Gasteiger partial charge in [-0.25, -0.2) is 0 Å². The molecule has 0 aromatic heterocycles. The fourth-order valence-corrected chi connectivity index (χ4v) is 3.23. The maximum atomic E-state index is 11.9. The number of benzodiazepines with no additional fused rings is 1. The average molecular weight is 403 g/mol. The highest BCUT2D eigenvalue weighted by Crippen LogP contribution is 2.26. The summed E-state index contributed by atoms with van der Waals surface area (Å²) in [5.74, 6) is -0.234. The number of benzene rings is 2. The molecule has 0 saturated heterocycles.